The fraction of sp³-hybridized carbons (Fsp3) is 0.632. The van der Waals surface area contributed by atoms with Crippen LogP contribution in [0.4, 0.5) is 0 Å². The van der Waals surface area contributed by atoms with E-state index in [4.69, 9.17) is 0 Å². The summed E-state index contributed by atoms with van der Waals surface area (Å²) in [7, 11) is 0. The lowest BCUT2D eigenvalue weighted by atomic mass is 10.2. The first kappa shape index (κ1) is 16.9. The van der Waals surface area contributed by atoms with Crippen molar-refractivity contribution in [1.82, 2.24) is 19.3 Å². The molecule has 2 aliphatic rings. The number of thioether (sulfide) groups is 1. The normalized spacial score (nSPS) is 17.2. The van der Waals surface area contributed by atoms with Gasteiger partial charge in [0, 0.05) is 35.5 Å². The first-order valence-corrected chi connectivity index (χ1v) is 10.4. The molecule has 4 rings (SSSR count). The molecule has 0 aliphatic heterocycles. The second-order valence-corrected chi connectivity index (χ2v) is 8.31. The van der Waals surface area contributed by atoms with Crippen LogP contribution in [0.15, 0.2) is 11.2 Å². The number of hydrogen-bond acceptors (Lipinski definition) is 4. The third-order valence-corrected chi connectivity index (χ3v) is 6.14. The Kier molecular flexibility index (Phi) is 4.48. The lowest BCUT2D eigenvalue weighted by Crippen LogP contribution is -2.08. The fourth-order valence-corrected chi connectivity index (χ4v) is 4.44. The average molecular weight is 359 g/mol. The lowest BCUT2D eigenvalue weighted by Gasteiger charge is -2.08. The van der Waals surface area contributed by atoms with Crippen molar-refractivity contribution in [3.05, 3.63) is 28.8 Å². The van der Waals surface area contributed by atoms with Gasteiger partial charge in [-0.05, 0) is 52.0 Å². The van der Waals surface area contributed by atoms with E-state index in [0.717, 1.165) is 35.2 Å². The molecule has 0 bridgehead atoms. The van der Waals surface area contributed by atoms with Gasteiger partial charge in [0.2, 0.25) is 0 Å². The van der Waals surface area contributed by atoms with Crippen molar-refractivity contribution in [2.75, 3.05) is 5.75 Å². The van der Waals surface area contributed by atoms with Crippen molar-refractivity contribution in [3.63, 3.8) is 0 Å². The molecule has 0 spiro atoms. The topological polar surface area (TPSA) is 52.7 Å². The van der Waals surface area contributed by atoms with Crippen molar-refractivity contribution < 1.29 is 4.79 Å². The van der Waals surface area contributed by atoms with Gasteiger partial charge >= 0.3 is 0 Å². The Balaban J connectivity index is 1.48. The van der Waals surface area contributed by atoms with E-state index in [1.807, 2.05) is 6.07 Å². The molecule has 0 saturated heterocycles. The average Bonchev–Trinajstić information content (AvgIpc) is 3.52. The molecule has 0 atom stereocenters. The Morgan fingerprint density at radius 2 is 2.00 bits per heavy atom. The molecule has 2 aliphatic carbocycles. The van der Waals surface area contributed by atoms with Gasteiger partial charge in [-0.25, -0.2) is 0 Å². The number of ketones is 1. The summed E-state index contributed by atoms with van der Waals surface area (Å²) in [5, 5.41) is 9.75. The van der Waals surface area contributed by atoms with Crippen LogP contribution in [0.1, 0.15) is 78.6 Å². The second kappa shape index (κ2) is 6.63. The van der Waals surface area contributed by atoms with Crippen LogP contribution in [0.25, 0.3) is 0 Å². The zero-order valence-corrected chi connectivity index (χ0v) is 16.1. The minimum Gasteiger partial charge on any atom is -0.348 e. The first-order chi connectivity index (χ1) is 12.1. The van der Waals surface area contributed by atoms with Gasteiger partial charge in [0.1, 0.15) is 5.82 Å². The molecule has 134 valence electrons. The fourth-order valence-electron chi connectivity index (χ4n) is 3.54. The van der Waals surface area contributed by atoms with Gasteiger partial charge in [0.05, 0.1) is 5.75 Å². The molecule has 2 fully saturated rings. The number of carbonyl (C=O) groups is 1. The van der Waals surface area contributed by atoms with E-state index in [1.54, 1.807) is 11.8 Å². The number of aryl methyl sites for hydroxylation is 1. The highest BCUT2D eigenvalue weighted by molar-refractivity contribution is 7.99. The van der Waals surface area contributed by atoms with E-state index in [0.29, 0.717) is 17.7 Å². The highest BCUT2D eigenvalue weighted by Gasteiger charge is 2.36. The molecule has 2 aromatic heterocycles. The Morgan fingerprint density at radius 3 is 2.64 bits per heavy atom. The summed E-state index contributed by atoms with van der Waals surface area (Å²) in [6, 6.07) is 2.60. The number of rotatable bonds is 8. The van der Waals surface area contributed by atoms with Gasteiger partial charge < -0.3 is 9.13 Å². The molecule has 25 heavy (non-hydrogen) atoms. The Hall–Kier alpha value is -1.56. The predicted molar refractivity (Wildman–Crippen MR) is 99.5 cm³/mol. The summed E-state index contributed by atoms with van der Waals surface area (Å²) in [6.45, 7) is 7.27. The van der Waals surface area contributed by atoms with Crippen LogP contribution in [-0.4, -0.2) is 30.9 Å². The molecule has 0 aromatic carbocycles. The third kappa shape index (κ3) is 3.28. The molecule has 2 heterocycles. The SMILES string of the molecule is CCCn1c(C)cc(C(=O)CSc2nnc(C3CC3)n2C2CC2)c1C. The van der Waals surface area contributed by atoms with Crippen LogP contribution in [0.2, 0.25) is 0 Å². The van der Waals surface area contributed by atoms with Crippen LogP contribution >= 0.6 is 11.8 Å². The molecular weight excluding hydrogens is 332 g/mol. The molecule has 2 aromatic rings. The van der Waals surface area contributed by atoms with Crippen molar-refractivity contribution in [2.45, 2.75) is 76.5 Å². The highest BCUT2D eigenvalue weighted by Crippen LogP contribution is 2.46. The highest BCUT2D eigenvalue weighted by atomic mass is 32.2. The summed E-state index contributed by atoms with van der Waals surface area (Å²) in [4.78, 5) is 12.8. The minimum atomic E-state index is 0.193. The second-order valence-electron chi connectivity index (χ2n) is 7.36. The number of nitrogens with zero attached hydrogens (tertiary/aromatic N) is 4. The van der Waals surface area contributed by atoms with E-state index in [2.05, 4.69) is 40.1 Å². The first-order valence-electron chi connectivity index (χ1n) is 9.37. The van der Waals surface area contributed by atoms with Crippen molar-refractivity contribution in [3.8, 4) is 0 Å². The summed E-state index contributed by atoms with van der Waals surface area (Å²) < 4.78 is 4.56. The van der Waals surface area contributed by atoms with E-state index >= 15 is 0 Å². The van der Waals surface area contributed by atoms with Crippen LogP contribution in [0.3, 0.4) is 0 Å². The van der Waals surface area contributed by atoms with Gasteiger partial charge in [-0.15, -0.1) is 10.2 Å². The molecule has 0 N–H and O–H groups in total. The van der Waals surface area contributed by atoms with Crippen molar-refractivity contribution in [1.29, 1.82) is 0 Å². The number of hydrogen-bond donors (Lipinski definition) is 0. The minimum absolute atomic E-state index is 0.193. The standard InChI is InChI=1S/C19H26N4OS/c1-4-9-22-12(2)10-16(13(22)3)17(24)11-25-19-21-20-18(14-5-6-14)23(19)15-7-8-15/h10,14-15H,4-9,11H2,1-3H3. The zero-order chi connectivity index (χ0) is 17.6. The maximum atomic E-state index is 12.8. The predicted octanol–water partition coefficient (Wildman–Crippen LogP) is 4.29. The van der Waals surface area contributed by atoms with E-state index in [-0.39, 0.29) is 5.78 Å². The van der Waals surface area contributed by atoms with E-state index < -0.39 is 0 Å². The van der Waals surface area contributed by atoms with Crippen molar-refractivity contribution >= 4 is 17.5 Å². The summed E-state index contributed by atoms with van der Waals surface area (Å²) in [5.41, 5.74) is 3.12. The maximum Gasteiger partial charge on any atom is 0.191 e. The van der Waals surface area contributed by atoms with Crippen LogP contribution < -0.4 is 0 Å². The van der Waals surface area contributed by atoms with Crippen LogP contribution in [0.5, 0.6) is 0 Å². The zero-order valence-electron chi connectivity index (χ0n) is 15.3. The lowest BCUT2D eigenvalue weighted by molar-refractivity contribution is 0.102. The third-order valence-electron chi connectivity index (χ3n) is 5.20. The molecule has 0 amide bonds. The maximum absolute atomic E-state index is 12.8. The van der Waals surface area contributed by atoms with Gasteiger partial charge in [-0.2, -0.15) is 0 Å². The van der Waals surface area contributed by atoms with Gasteiger partial charge in [0.25, 0.3) is 0 Å². The summed E-state index contributed by atoms with van der Waals surface area (Å²) in [5.74, 6) is 2.38. The Morgan fingerprint density at radius 1 is 1.24 bits per heavy atom. The van der Waals surface area contributed by atoms with Crippen LogP contribution in [0, 0.1) is 13.8 Å². The molecule has 6 heteroatoms. The molecular formula is C19H26N4OS. The molecule has 5 nitrogen and oxygen atoms in total. The monoisotopic (exact) mass is 358 g/mol. The number of carbonyl (C=O) groups excluding carboxylic acids is 1. The molecule has 0 unspecified atom stereocenters. The number of aromatic nitrogens is 4. The molecule has 2 saturated carbocycles. The molecule has 0 radical (unpaired) electrons. The Labute approximate surface area is 153 Å². The number of Topliss-reactive ketones (excluding diaryl/α,β-unsaturated/α-hetero) is 1. The van der Waals surface area contributed by atoms with Gasteiger partial charge in [-0.3, -0.25) is 4.79 Å². The van der Waals surface area contributed by atoms with Gasteiger partial charge in [0.15, 0.2) is 10.9 Å². The van der Waals surface area contributed by atoms with E-state index in [9.17, 15) is 4.79 Å². The Bertz CT molecular complexity index is 799. The smallest absolute Gasteiger partial charge is 0.191 e. The summed E-state index contributed by atoms with van der Waals surface area (Å²) >= 11 is 1.55. The van der Waals surface area contributed by atoms with E-state index in [1.165, 1.54) is 31.4 Å². The largest absolute Gasteiger partial charge is 0.348 e. The van der Waals surface area contributed by atoms with Crippen molar-refractivity contribution in [2.24, 2.45) is 0 Å². The quantitative estimate of drug-likeness (QED) is 0.522. The summed E-state index contributed by atoms with van der Waals surface area (Å²) in [6.07, 6.45) is 5.98. The van der Waals surface area contributed by atoms with Gasteiger partial charge in [-0.1, -0.05) is 18.7 Å². The van der Waals surface area contributed by atoms with Crippen LogP contribution in [-0.2, 0) is 6.54 Å².